The first-order valence-corrected chi connectivity index (χ1v) is 7.44. The Morgan fingerprint density at radius 2 is 1.75 bits per heavy atom. The Morgan fingerprint density at radius 3 is 2.25 bits per heavy atom. The fourth-order valence-electron chi connectivity index (χ4n) is 2.35. The molecule has 5 nitrogen and oxygen atoms in total. The van der Waals surface area contributed by atoms with Crippen LogP contribution in [0.15, 0.2) is 0 Å². The average molecular weight is 283 g/mol. The summed E-state index contributed by atoms with van der Waals surface area (Å²) in [5.74, 6) is 0.803. The van der Waals surface area contributed by atoms with Crippen molar-refractivity contribution in [1.82, 2.24) is 15.1 Å². The van der Waals surface area contributed by atoms with Crippen LogP contribution in [0.25, 0.3) is 0 Å². The number of rotatable bonds is 4. The van der Waals surface area contributed by atoms with Gasteiger partial charge in [-0.05, 0) is 46.6 Å². The Hall–Kier alpha value is -1.10. The molecule has 0 saturated carbocycles. The third-order valence-electron chi connectivity index (χ3n) is 3.47. The number of likely N-dealkylation sites (tertiary alicyclic amines) is 1. The highest BCUT2D eigenvalue weighted by atomic mass is 16.2. The van der Waals surface area contributed by atoms with Crippen molar-refractivity contribution >= 4 is 11.8 Å². The van der Waals surface area contributed by atoms with Crippen LogP contribution in [0.1, 0.15) is 40.5 Å². The van der Waals surface area contributed by atoms with Gasteiger partial charge in [0, 0.05) is 18.6 Å². The zero-order valence-corrected chi connectivity index (χ0v) is 13.5. The Balaban J connectivity index is 2.33. The van der Waals surface area contributed by atoms with E-state index < -0.39 is 0 Å². The van der Waals surface area contributed by atoms with E-state index >= 15 is 0 Å². The first-order chi connectivity index (χ1) is 9.17. The molecule has 116 valence electrons. The molecular formula is C15H29N3O2. The second-order valence-corrected chi connectivity index (χ2v) is 7.03. The predicted octanol–water partition coefficient (Wildman–Crippen LogP) is 1.09. The van der Waals surface area contributed by atoms with Gasteiger partial charge < -0.3 is 10.2 Å². The third kappa shape index (κ3) is 6.37. The van der Waals surface area contributed by atoms with E-state index in [-0.39, 0.29) is 23.9 Å². The summed E-state index contributed by atoms with van der Waals surface area (Å²) in [7, 11) is 1.81. The van der Waals surface area contributed by atoms with Gasteiger partial charge in [-0.15, -0.1) is 0 Å². The van der Waals surface area contributed by atoms with E-state index in [0.717, 1.165) is 25.9 Å². The molecule has 1 fully saturated rings. The number of piperidine rings is 1. The molecule has 1 saturated heterocycles. The lowest BCUT2D eigenvalue weighted by molar-refractivity contribution is -0.134. The lowest BCUT2D eigenvalue weighted by Gasteiger charge is -2.31. The molecule has 0 aliphatic carbocycles. The van der Waals surface area contributed by atoms with Gasteiger partial charge in [-0.2, -0.15) is 0 Å². The van der Waals surface area contributed by atoms with Gasteiger partial charge in [-0.25, -0.2) is 0 Å². The number of likely N-dealkylation sites (N-methyl/N-ethyl adjacent to an activating group) is 1. The highest BCUT2D eigenvalue weighted by Gasteiger charge is 2.22. The second-order valence-electron chi connectivity index (χ2n) is 7.03. The fraction of sp³-hybridized carbons (Fsp3) is 0.867. The molecule has 0 spiro atoms. The molecule has 1 aliphatic heterocycles. The molecule has 0 radical (unpaired) electrons. The topological polar surface area (TPSA) is 52.7 Å². The van der Waals surface area contributed by atoms with Crippen LogP contribution in [-0.2, 0) is 9.59 Å². The lowest BCUT2D eigenvalue weighted by atomic mass is 9.99. The summed E-state index contributed by atoms with van der Waals surface area (Å²) in [6.45, 7) is 10.3. The number of carbonyl (C=O) groups excluding carboxylic acids is 2. The second kappa shape index (κ2) is 7.07. The highest BCUT2D eigenvalue weighted by Crippen LogP contribution is 2.15. The van der Waals surface area contributed by atoms with Gasteiger partial charge in [0.1, 0.15) is 0 Å². The van der Waals surface area contributed by atoms with Crippen molar-refractivity contribution in [2.24, 2.45) is 5.92 Å². The summed E-state index contributed by atoms with van der Waals surface area (Å²) >= 11 is 0. The number of carbonyl (C=O) groups is 2. The van der Waals surface area contributed by atoms with Crippen LogP contribution in [0.3, 0.4) is 0 Å². The Kier molecular flexibility index (Phi) is 5.99. The number of nitrogens with zero attached hydrogens (tertiary/aromatic N) is 2. The van der Waals surface area contributed by atoms with Gasteiger partial charge in [0.15, 0.2) is 0 Å². The van der Waals surface area contributed by atoms with Crippen LogP contribution in [-0.4, -0.2) is 60.4 Å². The van der Waals surface area contributed by atoms with E-state index in [4.69, 9.17) is 0 Å². The fourth-order valence-corrected chi connectivity index (χ4v) is 2.35. The van der Waals surface area contributed by atoms with Gasteiger partial charge in [0.2, 0.25) is 11.8 Å². The molecule has 1 heterocycles. The number of amides is 2. The molecular weight excluding hydrogens is 254 g/mol. The zero-order chi connectivity index (χ0) is 15.3. The maximum Gasteiger partial charge on any atom is 0.236 e. The third-order valence-corrected chi connectivity index (χ3v) is 3.47. The molecule has 0 aromatic heterocycles. The van der Waals surface area contributed by atoms with Gasteiger partial charge in [0.05, 0.1) is 13.1 Å². The molecule has 20 heavy (non-hydrogen) atoms. The van der Waals surface area contributed by atoms with Crippen molar-refractivity contribution in [1.29, 1.82) is 0 Å². The minimum absolute atomic E-state index is 0.0416. The first kappa shape index (κ1) is 17.0. The maximum absolute atomic E-state index is 12.1. The summed E-state index contributed by atoms with van der Waals surface area (Å²) < 4.78 is 0. The Bertz CT molecular complexity index is 342. The molecule has 0 aromatic rings. The van der Waals surface area contributed by atoms with Crippen molar-refractivity contribution in [3.05, 3.63) is 0 Å². The summed E-state index contributed by atoms with van der Waals surface area (Å²) in [4.78, 5) is 27.6. The molecule has 1 aliphatic rings. The molecule has 0 unspecified atom stereocenters. The number of nitrogens with one attached hydrogen (secondary N) is 1. The van der Waals surface area contributed by atoms with E-state index in [1.54, 1.807) is 4.90 Å². The number of hydrogen-bond donors (Lipinski definition) is 1. The predicted molar refractivity (Wildman–Crippen MR) is 80.4 cm³/mol. The summed E-state index contributed by atoms with van der Waals surface area (Å²) in [6.07, 6.45) is 2.17. The molecule has 0 bridgehead atoms. The highest BCUT2D eigenvalue weighted by molar-refractivity contribution is 5.81. The van der Waals surface area contributed by atoms with Crippen LogP contribution >= 0.6 is 0 Å². The van der Waals surface area contributed by atoms with Crippen molar-refractivity contribution in [2.75, 3.05) is 33.2 Å². The summed E-state index contributed by atoms with van der Waals surface area (Å²) in [5, 5.41) is 2.90. The number of hydrogen-bond acceptors (Lipinski definition) is 3. The SMILES string of the molecule is CC1CCN(C(=O)CN(C)CC(=O)NC(C)(C)C)CC1. The van der Waals surface area contributed by atoms with E-state index in [9.17, 15) is 9.59 Å². The first-order valence-electron chi connectivity index (χ1n) is 7.44. The summed E-state index contributed by atoms with van der Waals surface area (Å²) in [6, 6.07) is 0. The van der Waals surface area contributed by atoms with E-state index in [2.05, 4.69) is 12.2 Å². The van der Waals surface area contributed by atoms with Crippen molar-refractivity contribution in [3.8, 4) is 0 Å². The van der Waals surface area contributed by atoms with Crippen molar-refractivity contribution < 1.29 is 9.59 Å². The largest absolute Gasteiger partial charge is 0.350 e. The quantitative estimate of drug-likeness (QED) is 0.840. The lowest BCUT2D eigenvalue weighted by Crippen LogP contribution is -2.48. The minimum Gasteiger partial charge on any atom is -0.350 e. The average Bonchev–Trinajstić information content (AvgIpc) is 2.26. The molecule has 1 rings (SSSR count). The zero-order valence-electron chi connectivity index (χ0n) is 13.5. The Morgan fingerprint density at radius 1 is 1.20 bits per heavy atom. The van der Waals surface area contributed by atoms with Gasteiger partial charge >= 0.3 is 0 Å². The van der Waals surface area contributed by atoms with E-state index in [0.29, 0.717) is 12.5 Å². The summed E-state index contributed by atoms with van der Waals surface area (Å²) in [5.41, 5.74) is -0.231. The van der Waals surface area contributed by atoms with Gasteiger partial charge in [0.25, 0.3) is 0 Å². The van der Waals surface area contributed by atoms with Gasteiger partial charge in [-0.3, -0.25) is 14.5 Å². The van der Waals surface area contributed by atoms with E-state index in [1.807, 2.05) is 32.7 Å². The van der Waals surface area contributed by atoms with E-state index in [1.165, 1.54) is 0 Å². The molecule has 1 N–H and O–H groups in total. The van der Waals surface area contributed by atoms with Gasteiger partial charge in [-0.1, -0.05) is 6.92 Å². The smallest absolute Gasteiger partial charge is 0.236 e. The van der Waals surface area contributed by atoms with Crippen LogP contribution in [0.5, 0.6) is 0 Å². The molecule has 5 heteroatoms. The Labute approximate surface area is 122 Å². The van der Waals surface area contributed by atoms with Crippen LogP contribution in [0, 0.1) is 5.92 Å². The minimum atomic E-state index is -0.231. The normalized spacial score (nSPS) is 17.4. The molecule has 2 amide bonds. The molecule has 0 atom stereocenters. The van der Waals surface area contributed by atoms with Crippen LogP contribution in [0.4, 0.5) is 0 Å². The van der Waals surface area contributed by atoms with Crippen molar-refractivity contribution in [2.45, 2.75) is 46.1 Å². The van der Waals surface area contributed by atoms with Crippen LogP contribution < -0.4 is 5.32 Å². The molecule has 0 aromatic carbocycles. The monoisotopic (exact) mass is 283 g/mol. The standard InChI is InChI=1S/C15H29N3O2/c1-12-6-8-18(9-7-12)14(20)11-17(5)10-13(19)16-15(2,3)4/h12H,6-11H2,1-5H3,(H,16,19). The van der Waals surface area contributed by atoms with Crippen molar-refractivity contribution in [3.63, 3.8) is 0 Å². The maximum atomic E-state index is 12.1. The van der Waals surface area contributed by atoms with Crippen LogP contribution in [0.2, 0.25) is 0 Å².